The topological polar surface area (TPSA) is 0 Å². The summed E-state index contributed by atoms with van der Waals surface area (Å²) in [5.74, 6) is 0. The van der Waals surface area contributed by atoms with Crippen LogP contribution in [-0.4, -0.2) is 6.26 Å². The molecule has 3 heteroatoms. The quantitative estimate of drug-likeness (QED) is 0.387. The highest BCUT2D eigenvalue weighted by atomic mass is 35.5. The zero-order valence-electron chi connectivity index (χ0n) is 11.5. The van der Waals surface area contributed by atoms with Crippen LogP contribution in [0.15, 0.2) is 65.6 Å². The molecular formula is C18H14Cl2S. The molecule has 0 radical (unpaired) electrons. The average Bonchev–Trinajstić information content (AvgIpc) is 2.55. The van der Waals surface area contributed by atoms with Gasteiger partial charge in [0.25, 0.3) is 0 Å². The molecule has 1 atom stereocenters. The monoisotopic (exact) mass is 332 g/mol. The Morgan fingerprint density at radius 2 is 1.52 bits per heavy atom. The fraction of sp³-hybridized carbons (Fsp3) is 0.111. The third-order valence-corrected chi connectivity index (χ3v) is 5.15. The van der Waals surface area contributed by atoms with Crippen molar-refractivity contribution in [3.8, 4) is 0 Å². The number of alkyl halides is 1. The van der Waals surface area contributed by atoms with E-state index >= 15 is 0 Å². The van der Waals surface area contributed by atoms with E-state index in [1.807, 2.05) is 30.3 Å². The van der Waals surface area contributed by atoms with E-state index in [-0.39, 0.29) is 5.38 Å². The molecule has 3 aromatic rings. The number of thioether (sulfide) groups is 1. The molecule has 0 nitrogen and oxygen atoms in total. The molecule has 3 rings (SSSR count). The predicted octanol–water partition coefficient (Wildman–Crippen LogP) is 6.54. The standard InChI is InChI=1S/C18H14Cl2S/c1-21-13-8-6-12(7-9-13)18(20)16-10-11-17(19)15-5-3-2-4-14(15)16/h2-11,18H,1H3. The molecule has 106 valence electrons. The van der Waals surface area contributed by atoms with Crippen molar-refractivity contribution in [3.63, 3.8) is 0 Å². The average molecular weight is 333 g/mol. The molecule has 0 aromatic heterocycles. The first-order valence-corrected chi connectivity index (χ1v) is 8.70. The SMILES string of the molecule is CSc1ccc(C(Cl)c2ccc(Cl)c3ccccc23)cc1. The van der Waals surface area contributed by atoms with Crippen LogP contribution in [0.4, 0.5) is 0 Å². The molecule has 0 aliphatic rings. The lowest BCUT2D eigenvalue weighted by Crippen LogP contribution is -1.95. The summed E-state index contributed by atoms with van der Waals surface area (Å²) in [5.41, 5.74) is 2.19. The number of hydrogen-bond acceptors (Lipinski definition) is 1. The van der Waals surface area contributed by atoms with Crippen LogP contribution < -0.4 is 0 Å². The normalized spacial score (nSPS) is 12.5. The molecule has 0 heterocycles. The Hall–Kier alpha value is -1.15. The highest BCUT2D eigenvalue weighted by molar-refractivity contribution is 7.98. The van der Waals surface area contributed by atoms with Gasteiger partial charge in [0, 0.05) is 15.3 Å². The molecule has 0 aliphatic heterocycles. The third-order valence-electron chi connectivity index (χ3n) is 3.59. The molecule has 0 aliphatic carbocycles. The lowest BCUT2D eigenvalue weighted by molar-refractivity contribution is 1.15. The van der Waals surface area contributed by atoms with E-state index in [4.69, 9.17) is 23.2 Å². The molecule has 0 saturated carbocycles. The Bertz CT molecular complexity index is 766. The number of benzene rings is 3. The van der Waals surface area contributed by atoms with E-state index in [1.165, 1.54) is 4.90 Å². The Balaban J connectivity index is 2.08. The van der Waals surface area contributed by atoms with Crippen LogP contribution in [0.5, 0.6) is 0 Å². The maximum Gasteiger partial charge on any atom is 0.0841 e. The number of hydrogen-bond donors (Lipinski definition) is 0. The second-order valence-electron chi connectivity index (χ2n) is 4.82. The van der Waals surface area contributed by atoms with Gasteiger partial charge in [0.15, 0.2) is 0 Å². The van der Waals surface area contributed by atoms with Crippen LogP contribution in [-0.2, 0) is 0 Å². The van der Waals surface area contributed by atoms with Crippen molar-refractivity contribution in [1.82, 2.24) is 0 Å². The van der Waals surface area contributed by atoms with E-state index in [0.717, 1.165) is 26.9 Å². The van der Waals surface area contributed by atoms with Crippen LogP contribution in [0.25, 0.3) is 10.8 Å². The van der Waals surface area contributed by atoms with Crippen molar-refractivity contribution < 1.29 is 0 Å². The summed E-state index contributed by atoms with van der Waals surface area (Å²) in [6, 6.07) is 20.4. The van der Waals surface area contributed by atoms with Crippen molar-refractivity contribution in [2.75, 3.05) is 6.26 Å². The molecule has 0 saturated heterocycles. The summed E-state index contributed by atoms with van der Waals surface area (Å²) < 4.78 is 0. The van der Waals surface area contributed by atoms with Gasteiger partial charge in [-0.25, -0.2) is 0 Å². The molecule has 21 heavy (non-hydrogen) atoms. The Morgan fingerprint density at radius 3 is 2.19 bits per heavy atom. The molecule has 0 bridgehead atoms. The molecule has 0 amide bonds. The van der Waals surface area contributed by atoms with E-state index in [9.17, 15) is 0 Å². The molecule has 0 N–H and O–H groups in total. The molecule has 3 aromatic carbocycles. The van der Waals surface area contributed by atoms with Gasteiger partial charge >= 0.3 is 0 Å². The summed E-state index contributed by atoms with van der Waals surface area (Å²) in [5, 5.41) is 2.74. The lowest BCUT2D eigenvalue weighted by atomic mass is 9.98. The minimum atomic E-state index is -0.178. The smallest absolute Gasteiger partial charge is 0.0841 e. The van der Waals surface area contributed by atoms with Gasteiger partial charge in [-0.2, -0.15) is 0 Å². The Kier molecular flexibility index (Phi) is 4.44. The zero-order valence-corrected chi connectivity index (χ0v) is 13.8. The van der Waals surface area contributed by atoms with E-state index in [1.54, 1.807) is 11.8 Å². The number of fused-ring (bicyclic) bond motifs is 1. The first-order chi connectivity index (χ1) is 10.2. The minimum absolute atomic E-state index is 0.178. The second kappa shape index (κ2) is 6.31. The fourth-order valence-electron chi connectivity index (χ4n) is 2.46. The van der Waals surface area contributed by atoms with Gasteiger partial charge in [-0.05, 0) is 41.0 Å². The van der Waals surface area contributed by atoms with E-state index in [0.29, 0.717) is 0 Å². The number of halogens is 2. The van der Waals surface area contributed by atoms with Crippen LogP contribution in [0, 0.1) is 0 Å². The molecular weight excluding hydrogens is 319 g/mol. The second-order valence-corrected chi connectivity index (χ2v) is 6.54. The largest absolute Gasteiger partial charge is 0.130 e. The zero-order chi connectivity index (χ0) is 14.8. The summed E-state index contributed by atoms with van der Waals surface area (Å²) in [6.07, 6.45) is 2.07. The van der Waals surface area contributed by atoms with Gasteiger partial charge in [-0.1, -0.05) is 54.1 Å². The highest BCUT2D eigenvalue weighted by Gasteiger charge is 2.14. The van der Waals surface area contributed by atoms with Crippen molar-refractivity contribution in [3.05, 3.63) is 76.8 Å². The highest BCUT2D eigenvalue weighted by Crippen LogP contribution is 2.36. The maximum absolute atomic E-state index is 6.71. The predicted molar refractivity (Wildman–Crippen MR) is 94.9 cm³/mol. The van der Waals surface area contributed by atoms with Gasteiger partial charge in [0.05, 0.1) is 5.38 Å². The first kappa shape index (κ1) is 14.8. The summed E-state index contributed by atoms with van der Waals surface area (Å²) >= 11 is 14.7. The Morgan fingerprint density at radius 1 is 0.857 bits per heavy atom. The van der Waals surface area contributed by atoms with Crippen molar-refractivity contribution >= 4 is 45.7 Å². The van der Waals surface area contributed by atoms with Crippen LogP contribution >= 0.6 is 35.0 Å². The van der Waals surface area contributed by atoms with E-state index in [2.05, 4.69) is 36.6 Å². The molecule has 0 spiro atoms. The Labute approximate surface area is 139 Å². The third kappa shape index (κ3) is 2.91. The fourth-order valence-corrected chi connectivity index (χ4v) is 3.43. The van der Waals surface area contributed by atoms with Gasteiger partial charge in [0.2, 0.25) is 0 Å². The van der Waals surface area contributed by atoms with Gasteiger partial charge < -0.3 is 0 Å². The maximum atomic E-state index is 6.71. The van der Waals surface area contributed by atoms with Crippen LogP contribution in [0.2, 0.25) is 5.02 Å². The van der Waals surface area contributed by atoms with Gasteiger partial charge in [0.1, 0.15) is 0 Å². The van der Waals surface area contributed by atoms with Crippen molar-refractivity contribution in [1.29, 1.82) is 0 Å². The van der Waals surface area contributed by atoms with Gasteiger partial charge in [-0.15, -0.1) is 23.4 Å². The first-order valence-electron chi connectivity index (χ1n) is 6.66. The number of rotatable bonds is 3. The van der Waals surface area contributed by atoms with Crippen LogP contribution in [0.1, 0.15) is 16.5 Å². The van der Waals surface area contributed by atoms with Crippen LogP contribution in [0.3, 0.4) is 0 Å². The minimum Gasteiger partial charge on any atom is -0.130 e. The lowest BCUT2D eigenvalue weighted by Gasteiger charge is -2.14. The van der Waals surface area contributed by atoms with Gasteiger partial charge in [-0.3, -0.25) is 0 Å². The van der Waals surface area contributed by atoms with Crippen molar-refractivity contribution in [2.24, 2.45) is 0 Å². The molecule has 1 unspecified atom stereocenters. The summed E-state index contributed by atoms with van der Waals surface area (Å²) in [4.78, 5) is 1.24. The summed E-state index contributed by atoms with van der Waals surface area (Å²) in [7, 11) is 0. The summed E-state index contributed by atoms with van der Waals surface area (Å²) in [6.45, 7) is 0. The van der Waals surface area contributed by atoms with E-state index < -0.39 is 0 Å². The van der Waals surface area contributed by atoms with Crippen molar-refractivity contribution in [2.45, 2.75) is 10.3 Å². The molecule has 0 fully saturated rings.